The summed E-state index contributed by atoms with van der Waals surface area (Å²) in [5, 5.41) is 24.3. The normalized spacial score (nSPS) is 17.4. The number of methoxy groups -OCH3 is 1. The first-order chi connectivity index (χ1) is 15.7. The number of thiophene rings is 1. The molecule has 4 rings (SSSR count). The highest BCUT2D eigenvalue weighted by Gasteiger charge is 2.48. The first kappa shape index (κ1) is 22.5. The van der Waals surface area contributed by atoms with Crippen LogP contribution in [-0.2, 0) is 9.59 Å². The van der Waals surface area contributed by atoms with E-state index in [1.54, 1.807) is 12.1 Å². The molecule has 1 saturated heterocycles. The molecule has 0 aliphatic carbocycles. The molecule has 1 aliphatic rings. The van der Waals surface area contributed by atoms with Gasteiger partial charge in [0.15, 0.2) is 0 Å². The number of amides is 1. The van der Waals surface area contributed by atoms with Crippen molar-refractivity contribution in [1.29, 1.82) is 0 Å². The van der Waals surface area contributed by atoms with Crippen LogP contribution in [0, 0.1) is 17.0 Å². The maximum atomic E-state index is 13.2. The molecule has 1 atom stereocenters. The Bertz CT molecular complexity index is 1330. The third-order valence-electron chi connectivity index (χ3n) is 5.34. The molecule has 3 aromatic rings. The van der Waals surface area contributed by atoms with E-state index in [2.05, 4.69) is 0 Å². The summed E-state index contributed by atoms with van der Waals surface area (Å²) in [6.07, 6.45) is 0. The second-order valence-electron chi connectivity index (χ2n) is 7.26. The number of aliphatic hydroxyl groups excluding tert-OH is 1. The fraction of sp³-hybridized carbons (Fsp3) is 0.130. The molecule has 10 heteroatoms. The van der Waals surface area contributed by atoms with Gasteiger partial charge in [0.25, 0.3) is 17.4 Å². The van der Waals surface area contributed by atoms with Gasteiger partial charge in [0, 0.05) is 28.3 Å². The molecule has 1 unspecified atom stereocenters. The van der Waals surface area contributed by atoms with Gasteiger partial charge in [-0.05, 0) is 42.1 Å². The monoisotopic (exact) mass is 484 g/mol. The quantitative estimate of drug-likeness (QED) is 0.174. The number of nitrogens with zero attached hydrogens (tertiary/aromatic N) is 2. The zero-order chi connectivity index (χ0) is 23.9. The lowest BCUT2D eigenvalue weighted by atomic mass is 9.98. The number of non-ortho nitro benzene ring substituents is 1. The number of hydrogen-bond donors (Lipinski definition) is 1. The first-order valence-corrected chi connectivity index (χ1v) is 10.9. The molecular formula is C23H17ClN2O6S. The van der Waals surface area contributed by atoms with E-state index in [9.17, 15) is 24.8 Å². The number of ketones is 1. The molecule has 2 heterocycles. The Hall–Kier alpha value is -3.69. The molecule has 0 bridgehead atoms. The molecule has 0 radical (unpaired) electrons. The molecule has 1 fully saturated rings. The zero-order valence-electron chi connectivity index (χ0n) is 17.4. The van der Waals surface area contributed by atoms with Crippen molar-refractivity contribution in [1.82, 2.24) is 0 Å². The summed E-state index contributed by atoms with van der Waals surface area (Å²) in [7, 11) is 1.46. The topological polar surface area (TPSA) is 110 Å². The van der Waals surface area contributed by atoms with Gasteiger partial charge in [0.05, 0.1) is 22.6 Å². The van der Waals surface area contributed by atoms with Crippen LogP contribution in [0.15, 0.2) is 59.5 Å². The first-order valence-electron chi connectivity index (χ1n) is 9.68. The highest BCUT2D eigenvalue weighted by Crippen LogP contribution is 2.46. The third kappa shape index (κ3) is 3.85. The predicted octanol–water partition coefficient (Wildman–Crippen LogP) is 5.25. The number of carbonyl (C=O) groups is 2. The number of carbonyl (C=O) groups excluding carboxylic acids is 2. The number of nitro groups is 1. The zero-order valence-corrected chi connectivity index (χ0v) is 19.0. The largest absolute Gasteiger partial charge is 0.507 e. The Kier molecular flexibility index (Phi) is 5.92. The van der Waals surface area contributed by atoms with Crippen molar-refractivity contribution in [2.45, 2.75) is 13.0 Å². The van der Waals surface area contributed by atoms with Gasteiger partial charge in [0.1, 0.15) is 17.6 Å². The number of benzene rings is 2. The van der Waals surface area contributed by atoms with Crippen LogP contribution < -0.4 is 9.64 Å². The van der Waals surface area contributed by atoms with Crippen molar-refractivity contribution in [2.75, 3.05) is 12.0 Å². The third-order valence-corrected chi connectivity index (χ3v) is 6.71. The highest BCUT2D eigenvalue weighted by atomic mass is 35.5. The number of aliphatic hydroxyl groups is 1. The molecule has 8 nitrogen and oxygen atoms in total. The SMILES string of the molecule is COc1ccc(N2C(=O)C(=O)/C(=C(\O)c3cccc([N+](=O)[O-])c3)C2c2sccc2C)cc1Cl. The maximum Gasteiger partial charge on any atom is 0.300 e. The van der Waals surface area contributed by atoms with Crippen LogP contribution in [0.5, 0.6) is 5.75 Å². The van der Waals surface area contributed by atoms with Crippen LogP contribution in [0.3, 0.4) is 0 Å². The number of nitro benzene ring substituents is 1. The van der Waals surface area contributed by atoms with Gasteiger partial charge in [-0.3, -0.25) is 24.6 Å². The van der Waals surface area contributed by atoms with E-state index in [1.165, 1.54) is 47.6 Å². The highest BCUT2D eigenvalue weighted by molar-refractivity contribution is 7.10. The van der Waals surface area contributed by atoms with Crippen LogP contribution in [0.1, 0.15) is 22.0 Å². The Morgan fingerprint density at radius 3 is 2.58 bits per heavy atom. The van der Waals surface area contributed by atoms with E-state index in [0.29, 0.717) is 16.3 Å². The van der Waals surface area contributed by atoms with E-state index < -0.39 is 28.4 Å². The smallest absolute Gasteiger partial charge is 0.300 e. The summed E-state index contributed by atoms with van der Waals surface area (Å²) in [5.41, 5.74) is 0.825. The molecule has 0 spiro atoms. The summed E-state index contributed by atoms with van der Waals surface area (Å²) in [4.78, 5) is 38.8. The van der Waals surface area contributed by atoms with Crippen molar-refractivity contribution in [3.05, 3.63) is 90.6 Å². The van der Waals surface area contributed by atoms with Gasteiger partial charge in [-0.1, -0.05) is 23.7 Å². The number of aryl methyl sites for hydroxylation is 1. The van der Waals surface area contributed by atoms with Gasteiger partial charge < -0.3 is 9.84 Å². The fourth-order valence-corrected chi connectivity index (χ4v) is 5.02. The van der Waals surface area contributed by atoms with Crippen molar-refractivity contribution >= 4 is 51.8 Å². The second kappa shape index (κ2) is 8.68. The maximum absolute atomic E-state index is 13.2. The molecule has 0 saturated carbocycles. The fourth-order valence-electron chi connectivity index (χ4n) is 3.74. The van der Waals surface area contributed by atoms with Crippen LogP contribution in [0.4, 0.5) is 11.4 Å². The van der Waals surface area contributed by atoms with Gasteiger partial charge in [-0.25, -0.2) is 0 Å². The summed E-state index contributed by atoms with van der Waals surface area (Å²) in [6.45, 7) is 1.83. The van der Waals surface area contributed by atoms with E-state index in [4.69, 9.17) is 16.3 Å². The number of anilines is 1. The average molecular weight is 485 g/mol. The summed E-state index contributed by atoms with van der Waals surface area (Å²) >= 11 is 7.60. The summed E-state index contributed by atoms with van der Waals surface area (Å²) < 4.78 is 5.17. The number of hydrogen-bond acceptors (Lipinski definition) is 7. The lowest BCUT2D eigenvalue weighted by molar-refractivity contribution is -0.384. The number of ether oxygens (including phenoxy) is 1. The van der Waals surface area contributed by atoms with Crippen LogP contribution in [-0.4, -0.2) is 28.8 Å². The summed E-state index contributed by atoms with van der Waals surface area (Å²) in [5.74, 6) is -1.83. The van der Waals surface area contributed by atoms with Crippen LogP contribution >= 0.6 is 22.9 Å². The van der Waals surface area contributed by atoms with E-state index in [1.807, 2.05) is 18.4 Å². The number of halogens is 1. The second-order valence-corrected chi connectivity index (χ2v) is 8.62. The molecule has 33 heavy (non-hydrogen) atoms. The van der Waals surface area contributed by atoms with Gasteiger partial charge in [-0.15, -0.1) is 11.3 Å². The predicted molar refractivity (Wildman–Crippen MR) is 125 cm³/mol. The molecule has 1 N–H and O–H groups in total. The van der Waals surface area contributed by atoms with Crippen molar-refractivity contribution in [2.24, 2.45) is 0 Å². The Morgan fingerprint density at radius 2 is 1.97 bits per heavy atom. The van der Waals surface area contributed by atoms with Gasteiger partial charge in [0.2, 0.25) is 0 Å². The molecule has 1 aromatic heterocycles. The molecule has 2 aromatic carbocycles. The lowest BCUT2D eigenvalue weighted by Gasteiger charge is -2.25. The number of Topliss-reactive ketones (excluding diaryl/α,β-unsaturated/α-hetero) is 1. The van der Waals surface area contributed by atoms with E-state index in [-0.39, 0.29) is 21.8 Å². The van der Waals surface area contributed by atoms with Crippen LogP contribution in [0.2, 0.25) is 5.02 Å². The molecular weight excluding hydrogens is 468 g/mol. The molecule has 1 amide bonds. The minimum Gasteiger partial charge on any atom is -0.507 e. The van der Waals surface area contributed by atoms with Crippen molar-refractivity contribution in [3.8, 4) is 5.75 Å². The molecule has 1 aliphatic heterocycles. The van der Waals surface area contributed by atoms with E-state index >= 15 is 0 Å². The summed E-state index contributed by atoms with van der Waals surface area (Å²) in [6, 6.07) is 10.9. The van der Waals surface area contributed by atoms with E-state index in [0.717, 1.165) is 11.6 Å². The Morgan fingerprint density at radius 1 is 1.21 bits per heavy atom. The Balaban J connectivity index is 1.95. The number of rotatable bonds is 5. The van der Waals surface area contributed by atoms with Crippen LogP contribution in [0.25, 0.3) is 5.76 Å². The van der Waals surface area contributed by atoms with Gasteiger partial charge >= 0.3 is 0 Å². The average Bonchev–Trinajstić information content (AvgIpc) is 3.33. The lowest BCUT2D eigenvalue weighted by Crippen LogP contribution is -2.29. The van der Waals surface area contributed by atoms with Gasteiger partial charge in [-0.2, -0.15) is 0 Å². The van der Waals surface area contributed by atoms with Crippen molar-refractivity contribution < 1.29 is 24.4 Å². The standard InChI is InChI=1S/C23H17ClN2O6S/c1-12-8-9-33-22(12)19-18(20(27)13-4-3-5-15(10-13)26(30)31)21(28)23(29)25(19)14-6-7-17(32-2)16(24)11-14/h3-11,19,27H,1-2H3/b20-18-. The van der Waals surface area contributed by atoms with Crippen molar-refractivity contribution in [3.63, 3.8) is 0 Å². The Labute approximate surface area is 197 Å². The molecule has 168 valence electrons. The minimum atomic E-state index is -0.936. The minimum absolute atomic E-state index is 0.0640.